The molecule has 0 bridgehead atoms. The number of benzene rings is 11. The molecule has 350 valence electrons. The van der Waals surface area contributed by atoms with Gasteiger partial charge in [-0.15, -0.1) is 0 Å². The van der Waals surface area contributed by atoms with Gasteiger partial charge in [0.15, 0.2) is 0 Å². The smallest absolute Gasteiger partial charge is 0.0714 e. The molecule has 2 heterocycles. The van der Waals surface area contributed by atoms with Crippen molar-refractivity contribution in [1.82, 2.24) is 0 Å². The second kappa shape index (κ2) is 17.2. The van der Waals surface area contributed by atoms with Gasteiger partial charge in [-0.1, -0.05) is 185 Å². The largest absolute Gasteiger partial charge is 0.308 e. The van der Waals surface area contributed by atoms with Crippen molar-refractivity contribution in [3.05, 3.63) is 264 Å². The summed E-state index contributed by atoms with van der Waals surface area (Å²) in [6, 6.07) is 87.4. The third kappa shape index (κ3) is 6.95. The van der Waals surface area contributed by atoms with Crippen LogP contribution in [0.5, 0.6) is 0 Å². The molecule has 0 saturated carbocycles. The highest BCUT2D eigenvalue weighted by atomic mass is 32.2. The number of para-hydroxylation sites is 2. The number of nitrogens with zero attached hydrogens (tertiary/aromatic N) is 2. The Morgan fingerprint density at radius 2 is 0.712 bits per heavy atom. The van der Waals surface area contributed by atoms with E-state index in [0.717, 1.165) is 0 Å². The Morgan fingerprint density at radius 1 is 0.329 bits per heavy atom. The molecule has 0 amide bonds. The van der Waals surface area contributed by atoms with Crippen molar-refractivity contribution in [3.8, 4) is 22.3 Å². The molecule has 0 saturated heterocycles. The van der Waals surface area contributed by atoms with Crippen LogP contribution in [0.25, 0.3) is 43.8 Å². The van der Waals surface area contributed by atoms with Crippen LogP contribution in [0.3, 0.4) is 0 Å². The van der Waals surface area contributed by atoms with E-state index in [2.05, 4.69) is 268 Å². The average Bonchev–Trinajstić information content (AvgIpc) is 3.76. The summed E-state index contributed by atoms with van der Waals surface area (Å²) in [6.07, 6.45) is 0. The fourth-order valence-electron chi connectivity index (χ4n) is 12.0. The van der Waals surface area contributed by atoms with E-state index >= 15 is 0 Å². The third-order valence-corrected chi connectivity index (χ3v) is 17.8. The molecule has 11 aromatic carbocycles. The lowest BCUT2D eigenvalue weighted by atomic mass is 9.66. The van der Waals surface area contributed by atoms with E-state index in [4.69, 9.17) is 0 Å². The highest BCUT2D eigenvalue weighted by molar-refractivity contribution is 8.00. The summed E-state index contributed by atoms with van der Waals surface area (Å²) in [4.78, 5) is 9.90. The first-order valence-electron chi connectivity index (χ1n) is 25.6. The van der Waals surface area contributed by atoms with E-state index in [1.807, 2.05) is 23.5 Å². The van der Waals surface area contributed by atoms with Gasteiger partial charge in [0.25, 0.3) is 0 Å². The first-order chi connectivity index (χ1) is 35.8. The zero-order valence-corrected chi connectivity index (χ0v) is 42.9. The van der Waals surface area contributed by atoms with Gasteiger partial charge >= 0.3 is 0 Å². The predicted octanol–water partition coefficient (Wildman–Crippen LogP) is 20.1. The summed E-state index contributed by atoms with van der Waals surface area (Å²) in [5.74, 6) is 0.950. The lowest BCUT2D eigenvalue weighted by Crippen LogP contribution is -2.28. The molecule has 2 aliphatic heterocycles. The van der Waals surface area contributed by atoms with Crippen LogP contribution >= 0.6 is 23.5 Å². The third-order valence-electron chi connectivity index (χ3n) is 15.6. The molecule has 2 nitrogen and oxygen atoms in total. The lowest BCUT2D eigenvalue weighted by Gasteiger charge is -2.35. The maximum Gasteiger partial charge on any atom is 0.0714 e. The summed E-state index contributed by atoms with van der Waals surface area (Å²) in [5, 5.41) is 5.19. The molecule has 0 spiro atoms. The highest BCUT2D eigenvalue weighted by Gasteiger charge is 2.46. The van der Waals surface area contributed by atoms with Crippen LogP contribution in [0.15, 0.2) is 250 Å². The first-order valence-corrected chi connectivity index (χ1v) is 27.2. The van der Waals surface area contributed by atoms with Crippen molar-refractivity contribution in [2.24, 2.45) is 0 Å². The van der Waals surface area contributed by atoms with E-state index in [9.17, 15) is 0 Å². The molecule has 73 heavy (non-hydrogen) atoms. The van der Waals surface area contributed by atoms with Crippen molar-refractivity contribution < 1.29 is 0 Å². The average molecular weight is 973 g/mol. The number of hydrogen-bond acceptors (Lipinski definition) is 4. The number of fused-ring (bicyclic) bond motifs is 4. The zero-order valence-electron chi connectivity index (χ0n) is 41.3. The number of rotatable bonds is 8. The van der Waals surface area contributed by atoms with E-state index in [1.165, 1.54) is 131 Å². The molecule has 11 aromatic rings. The molecule has 0 N–H and O–H groups in total. The second-order valence-electron chi connectivity index (χ2n) is 20.5. The number of hydrogen-bond donors (Lipinski definition) is 0. The van der Waals surface area contributed by atoms with E-state index in [1.54, 1.807) is 0 Å². The van der Waals surface area contributed by atoms with Gasteiger partial charge in [0.2, 0.25) is 0 Å². The van der Waals surface area contributed by atoms with Gasteiger partial charge in [0.1, 0.15) is 0 Å². The standard InChI is InChI=1S/C69H52N2S2/c1-43(2)45-25-31-55(32-26-45)70-59-19-11-13-21-63(59)72-65-41-47(29-35-61(65)70)51-37-49-23-24-50-38-52(40-58-68(50)67(49)57(39-51)69(58,53-15-7-5-8-16-53)54-17-9-6-10-18-54)48-30-36-62-66(42-48)73-64-22-14-12-20-60(64)71(62)56-33-27-46(28-34-56)44(3)4/h5-44H,1-4H3. The lowest BCUT2D eigenvalue weighted by molar-refractivity contribution is 0.772. The molecular weight excluding hydrogens is 921 g/mol. The highest BCUT2D eigenvalue weighted by Crippen LogP contribution is 2.59. The van der Waals surface area contributed by atoms with Crippen molar-refractivity contribution in [2.45, 2.75) is 64.5 Å². The molecule has 0 aromatic heterocycles. The fraction of sp³-hybridized carbons (Fsp3) is 0.101. The summed E-state index contributed by atoms with van der Waals surface area (Å²) in [7, 11) is 0. The van der Waals surface area contributed by atoms with Crippen LogP contribution in [0, 0.1) is 0 Å². The normalized spacial score (nSPS) is 13.9. The van der Waals surface area contributed by atoms with Crippen molar-refractivity contribution >= 4 is 79.2 Å². The zero-order chi connectivity index (χ0) is 49.0. The van der Waals surface area contributed by atoms with E-state index in [-0.39, 0.29) is 0 Å². The van der Waals surface area contributed by atoms with Gasteiger partial charge in [-0.25, -0.2) is 0 Å². The van der Waals surface area contributed by atoms with Crippen LogP contribution < -0.4 is 9.80 Å². The Bertz CT molecular complexity index is 3710. The topological polar surface area (TPSA) is 6.48 Å². The van der Waals surface area contributed by atoms with Crippen LogP contribution in [0.1, 0.15) is 72.9 Å². The fourth-order valence-corrected chi connectivity index (χ4v) is 14.2. The van der Waals surface area contributed by atoms with Crippen molar-refractivity contribution in [3.63, 3.8) is 0 Å². The van der Waals surface area contributed by atoms with Gasteiger partial charge in [-0.05, 0) is 186 Å². The van der Waals surface area contributed by atoms with E-state index < -0.39 is 5.41 Å². The van der Waals surface area contributed by atoms with Crippen molar-refractivity contribution in [1.29, 1.82) is 0 Å². The molecule has 0 atom stereocenters. The number of anilines is 6. The first kappa shape index (κ1) is 44.0. The molecule has 0 fully saturated rings. The van der Waals surface area contributed by atoms with Crippen molar-refractivity contribution in [2.75, 3.05) is 9.80 Å². The molecule has 0 radical (unpaired) electrons. The molecule has 0 unspecified atom stereocenters. The maximum atomic E-state index is 2.53. The van der Waals surface area contributed by atoms with Crippen LogP contribution in [0.4, 0.5) is 34.1 Å². The SMILES string of the molecule is CC(C)c1ccc(N2c3ccccc3Sc3cc(-c4cc5c6c(ccc7cc(-c8ccc9c(c8)Sc8ccccc8N9c8ccc(C(C)C)cc8)cc(c76)C5(c5ccccc5)c5ccccc5)c4)ccc32)cc1. The van der Waals surface area contributed by atoms with Gasteiger partial charge in [-0.2, -0.15) is 0 Å². The molecule has 3 aliphatic rings. The second-order valence-corrected chi connectivity index (χ2v) is 22.6. The molecule has 4 heteroatoms. The minimum absolute atomic E-state index is 0.475. The Morgan fingerprint density at radius 3 is 1.12 bits per heavy atom. The maximum absolute atomic E-state index is 2.53. The summed E-state index contributed by atoms with van der Waals surface area (Å²) in [5.41, 5.74) is 19.4. The Labute approximate surface area is 437 Å². The Balaban J connectivity index is 0.936. The predicted molar refractivity (Wildman–Crippen MR) is 310 cm³/mol. The van der Waals surface area contributed by atoms with Crippen LogP contribution in [0.2, 0.25) is 0 Å². The molecular formula is C69H52N2S2. The summed E-state index contributed by atoms with van der Waals surface area (Å²) in [6.45, 7) is 9.04. The minimum Gasteiger partial charge on any atom is -0.308 e. The van der Waals surface area contributed by atoms with Crippen LogP contribution in [-0.4, -0.2) is 0 Å². The summed E-state index contributed by atoms with van der Waals surface area (Å²) < 4.78 is 0. The van der Waals surface area contributed by atoms with Gasteiger partial charge in [0, 0.05) is 31.0 Å². The quantitative estimate of drug-likeness (QED) is 0.140. The monoisotopic (exact) mass is 972 g/mol. The van der Waals surface area contributed by atoms with E-state index in [0.29, 0.717) is 11.8 Å². The van der Waals surface area contributed by atoms with Gasteiger partial charge in [-0.3, -0.25) is 0 Å². The summed E-state index contributed by atoms with van der Waals surface area (Å²) >= 11 is 3.74. The Hall–Kier alpha value is -7.76. The van der Waals surface area contributed by atoms with Gasteiger partial charge in [0.05, 0.1) is 28.2 Å². The van der Waals surface area contributed by atoms with Crippen LogP contribution in [-0.2, 0) is 5.41 Å². The minimum atomic E-state index is -0.587. The Kier molecular flexibility index (Phi) is 10.4. The van der Waals surface area contributed by atoms with Gasteiger partial charge < -0.3 is 9.80 Å². The molecule has 1 aliphatic carbocycles. The molecule has 14 rings (SSSR count).